The van der Waals surface area contributed by atoms with Gasteiger partial charge in [-0.25, -0.2) is 4.98 Å². The van der Waals surface area contributed by atoms with E-state index in [1.165, 1.54) is 43.3 Å². The summed E-state index contributed by atoms with van der Waals surface area (Å²) in [7, 11) is 1.96. The summed E-state index contributed by atoms with van der Waals surface area (Å²) in [5.74, 6) is 1.91. The molecule has 1 aliphatic heterocycles. The first-order chi connectivity index (χ1) is 10.3. The van der Waals surface area contributed by atoms with Gasteiger partial charge in [-0.2, -0.15) is 0 Å². The zero-order valence-corrected chi connectivity index (χ0v) is 13.1. The van der Waals surface area contributed by atoms with Crippen LogP contribution in [0.15, 0.2) is 30.3 Å². The number of hydrogen-bond acceptors (Lipinski definition) is 3. The van der Waals surface area contributed by atoms with E-state index in [0.717, 1.165) is 23.8 Å². The number of benzene rings is 1. The molecule has 3 nitrogen and oxygen atoms in total. The predicted molar refractivity (Wildman–Crippen MR) is 89.6 cm³/mol. The maximum absolute atomic E-state index is 4.75. The molecule has 1 fully saturated rings. The molecule has 0 radical (unpaired) electrons. The summed E-state index contributed by atoms with van der Waals surface area (Å²) in [6.07, 6.45) is 4.02. The molecule has 1 atom stereocenters. The van der Waals surface area contributed by atoms with Crippen LogP contribution in [-0.2, 0) is 6.54 Å². The van der Waals surface area contributed by atoms with Crippen molar-refractivity contribution in [2.45, 2.75) is 32.7 Å². The van der Waals surface area contributed by atoms with Crippen LogP contribution in [0.3, 0.4) is 0 Å². The first kappa shape index (κ1) is 14.3. The SMILES string of the molecule is CCCC1CCN(Cc2cc3ccccc3nc2NC)C1. The third-order valence-electron chi connectivity index (χ3n) is 4.50. The van der Waals surface area contributed by atoms with Crippen molar-refractivity contribution in [3.8, 4) is 0 Å². The van der Waals surface area contributed by atoms with Crippen LogP contribution < -0.4 is 5.32 Å². The molecule has 1 N–H and O–H groups in total. The molecule has 21 heavy (non-hydrogen) atoms. The molecule has 0 amide bonds. The van der Waals surface area contributed by atoms with Gasteiger partial charge in [-0.15, -0.1) is 0 Å². The molecule has 0 aliphatic carbocycles. The zero-order valence-electron chi connectivity index (χ0n) is 13.1. The summed E-state index contributed by atoms with van der Waals surface area (Å²) in [6, 6.07) is 10.6. The van der Waals surface area contributed by atoms with Crippen LogP contribution >= 0.6 is 0 Å². The van der Waals surface area contributed by atoms with Crippen molar-refractivity contribution in [2.24, 2.45) is 5.92 Å². The molecule has 1 aliphatic rings. The Labute approximate surface area is 127 Å². The molecule has 2 aromatic rings. The van der Waals surface area contributed by atoms with Crippen molar-refractivity contribution in [1.29, 1.82) is 0 Å². The van der Waals surface area contributed by atoms with Gasteiger partial charge in [0.1, 0.15) is 5.82 Å². The molecule has 1 unspecified atom stereocenters. The van der Waals surface area contributed by atoms with Crippen LogP contribution in [0.5, 0.6) is 0 Å². The summed E-state index contributed by atoms with van der Waals surface area (Å²) in [5.41, 5.74) is 2.38. The molecule has 3 heteroatoms. The Bertz CT molecular complexity index is 608. The van der Waals surface area contributed by atoms with E-state index in [9.17, 15) is 0 Å². The smallest absolute Gasteiger partial charge is 0.130 e. The number of rotatable bonds is 5. The topological polar surface area (TPSA) is 28.2 Å². The van der Waals surface area contributed by atoms with Gasteiger partial charge in [0.15, 0.2) is 0 Å². The number of nitrogens with zero attached hydrogens (tertiary/aromatic N) is 2. The van der Waals surface area contributed by atoms with Gasteiger partial charge in [-0.1, -0.05) is 31.5 Å². The van der Waals surface area contributed by atoms with Gasteiger partial charge in [0.25, 0.3) is 0 Å². The summed E-state index contributed by atoms with van der Waals surface area (Å²) >= 11 is 0. The van der Waals surface area contributed by atoms with Crippen LogP contribution in [0, 0.1) is 5.92 Å². The van der Waals surface area contributed by atoms with Crippen molar-refractivity contribution in [3.63, 3.8) is 0 Å². The third-order valence-corrected chi connectivity index (χ3v) is 4.50. The van der Waals surface area contributed by atoms with E-state index in [4.69, 9.17) is 4.98 Å². The van der Waals surface area contributed by atoms with Crippen LogP contribution in [0.25, 0.3) is 10.9 Å². The van der Waals surface area contributed by atoms with Gasteiger partial charge in [0, 0.05) is 31.1 Å². The molecular weight excluding hydrogens is 258 g/mol. The standard InChI is InChI=1S/C18H25N3/c1-3-6-14-9-10-21(12-14)13-16-11-15-7-4-5-8-17(15)20-18(16)19-2/h4-5,7-8,11,14H,3,6,9-10,12-13H2,1-2H3,(H,19,20). The van der Waals surface area contributed by atoms with Crippen LogP contribution in [0.1, 0.15) is 31.7 Å². The highest BCUT2D eigenvalue weighted by atomic mass is 15.1. The van der Waals surface area contributed by atoms with Crippen LogP contribution in [-0.4, -0.2) is 30.0 Å². The fourth-order valence-electron chi connectivity index (χ4n) is 3.44. The minimum absolute atomic E-state index is 0.890. The first-order valence-corrected chi connectivity index (χ1v) is 8.09. The lowest BCUT2D eigenvalue weighted by molar-refractivity contribution is 0.313. The minimum Gasteiger partial charge on any atom is -0.373 e. The largest absolute Gasteiger partial charge is 0.373 e. The zero-order chi connectivity index (χ0) is 14.7. The van der Waals surface area contributed by atoms with E-state index in [1.807, 2.05) is 13.1 Å². The Kier molecular flexibility index (Phi) is 4.39. The Balaban J connectivity index is 1.80. The van der Waals surface area contributed by atoms with Gasteiger partial charge < -0.3 is 5.32 Å². The lowest BCUT2D eigenvalue weighted by Gasteiger charge is -2.18. The molecule has 2 heterocycles. The average Bonchev–Trinajstić information content (AvgIpc) is 2.94. The van der Waals surface area contributed by atoms with Crippen molar-refractivity contribution >= 4 is 16.7 Å². The minimum atomic E-state index is 0.890. The highest BCUT2D eigenvalue weighted by Gasteiger charge is 2.22. The van der Waals surface area contributed by atoms with E-state index in [1.54, 1.807) is 0 Å². The summed E-state index contributed by atoms with van der Waals surface area (Å²) in [4.78, 5) is 7.33. The first-order valence-electron chi connectivity index (χ1n) is 8.09. The van der Waals surface area contributed by atoms with E-state index in [0.29, 0.717) is 0 Å². The normalized spacial score (nSPS) is 19.2. The number of aromatic nitrogens is 1. The molecule has 1 aromatic heterocycles. The van der Waals surface area contributed by atoms with Crippen molar-refractivity contribution in [1.82, 2.24) is 9.88 Å². The fourth-order valence-corrected chi connectivity index (χ4v) is 3.44. The quantitative estimate of drug-likeness (QED) is 0.902. The van der Waals surface area contributed by atoms with E-state index >= 15 is 0 Å². The Hall–Kier alpha value is -1.61. The Morgan fingerprint density at radius 1 is 1.33 bits per heavy atom. The maximum Gasteiger partial charge on any atom is 0.130 e. The molecule has 1 saturated heterocycles. The number of anilines is 1. The van der Waals surface area contributed by atoms with Crippen molar-refractivity contribution in [2.75, 3.05) is 25.5 Å². The number of pyridine rings is 1. The maximum atomic E-state index is 4.75. The summed E-state index contributed by atoms with van der Waals surface area (Å²) < 4.78 is 0. The monoisotopic (exact) mass is 283 g/mol. The number of fused-ring (bicyclic) bond motifs is 1. The van der Waals surface area contributed by atoms with Gasteiger partial charge in [-0.05, 0) is 37.4 Å². The van der Waals surface area contributed by atoms with Crippen LogP contribution in [0.2, 0.25) is 0 Å². The summed E-state index contributed by atoms with van der Waals surface area (Å²) in [5, 5.41) is 4.49. The molecule has 0 spiro atoms. The molecule has 1 aromatic carbocycles. The second kappa shape index (κ2) is 6.44. The second-order valence-corrected chi connectivity index (χ2v) is 6.12. The van der Waals surface area contributed by atoms with Gasteiger partial charge >= 0.3 is 0 Å². The molecule has 3 rings (SSSR count). The average molecular weight is 283 g/mol. The highest BCUT2D eigenvalue weighted by molar-refractivity contribution is 5.81. The molecule has 112 valence electrons. The fraction of sp³-hybridized carbons (Fsp3) is 0.500. The van der Waals surface area contributed by atoms with Crippen LogP contribution in [0.4, 0.5) is 5.82 Å². The lowest BCUT2D eigenvalue weighted by atomic mass is 10.0. The number of hydrogen-bond donors (Lipinski definition) is 1. The number of likely N-dealkylation sites (tertiary alicyclic amines) is 1. The van der Waals surface area contributed by atoms with E-state index in [2.05, 4.69) is 41.4 Å². The van der Waals surface area contributed by atoms with E-state index < -0.39 is 0 Å². The Morgan fingerprint density at radius 2 is 2.19 bits per heavy atom. The predicted octanol–water partition coefficient (Wildman–Crippen LogP) is 3.90. The van der Waals surface area contributed by atoms with Gasteiger partial charge in [-0.3, -0.25) is 4.90 Å². The molecule has 0 bridgehead atoms. The number of nitrogens with one attached hydrogen (secondary N) is 1. The Morgan fingerprint density at radius 3 is 3.00 bits per heavy atom. The van der Waals surface area contributed by atoms with Crippen molar-refractivity contribution < 1.29 is 0 Å². The van der Waals surface area contributed by atoms with Crippen molar-refractivity contribution in [3.05, 3.63) is 35.9 Å². The lowest BCUT2D eigenvalue weighted by Crippen LogP contribution is -2.21. The van der Waals surface area contributed by atoms with Gasteiger partial charge in [0.2, 0.25) is 0 Å². The van der Waals surface area contributed by atoms with E-state index in [-0.39, 0.29) is 0 Å². The third kappa shape index (κ3) is 3.18. The number of para-hydroxylation sites is 1. The molecular formula is C18H25N3. The van der Waals surface area contributed by atoms with Gasteiger partial charge in [0.05, 0.1) is 5.52 Å². The second-order valence-electron chi connectivity index (χ2n) is 6.12. The highest BCUT2D eigenvalue weighted by Crippen LogP contribution is 2.26. The summed E-state index contributed by atoms with van der Waals surface area (Å²) in [6.45, 7) is 5.76. The molecule has 0 saturated carbocycles.